The third kappa shape index (κ3) is 3.85. The number of hydrogen-bond donors (Lipinski definition) is 1. The quantitative estimate of drug-likeness (QED) is 0.746. The monoisotopic (exact) mass is 410 g/mol. The Bertz CT molecular complexity index is 869. The normalized spacial score (nSPS) is 27.6. The van der Waals surface area contributed by atoms with Crippen LogP contribution < -0.4 is 10.1 Å². The van der Waals surface area contributed by atoms with Gasteiger partial charge in [0.15, 0.2) is 0 Å². The fourth-order valence-electron chi connectivity index (χ4n) is 5.86. The highest BCUT2D eigenvalue weighted by molar-refractivity contribution is 5.38. The molecule has 5 heteroatoms. The fourth-order valence-corrected chi connectivity index (χ4v) is 5.86. The number of nitrogens with zero attached hydrogens (tertiary/aromatic N) is 1. The Morgan fingerprint density at radius 2 is 2.00 bits per heavy atom. The number of rotatable bonds is 5. The van der Waals surface area contributed by atoms with Crippen LogP contribution in [0.15, 0.2) is 42.6 Å². The Balaban J connectivity index is 1.34. The number of aromatic nitrogens is 1. The van der Waals surface area contributed by atoms with Crippen LogP contribution in [0, 0.1) is 5.82 Å². The molecule has 1 aliphatic carbocycles. The Morgan fingerprint density at radius 3 is 2.83 bits per heavy atom. The topological polar surface area (TPSA) is 43.4 Å². The van der Waals surface area contributed by atoms with Gasteiger partial charge in [-0.05, 0) is 69.0 Å². The fraction of sp³-hybridized carbons (Fsp3) is 0.560. The lowest BCUT2D eigenvalue weighted by Gasteiger charge is -2.46. The number of fused-ring (bicyclic) bond motifs is 1. The van der Waals surface area contributed by atoms with Crippen LogP contribution in [0.1, 0.15) is 68.7 Å². The summed E-state index contributed by atoms with van der Waals surface area (Å²) in [5.41, 5.74) is 2.20. The molecule has 1 aromatic heterocycles. The molecular weight excluding hydrogens is 379 g/mol. The Labute approximate surface area is 178 Å². The van der Waals surface area contributed by atoms with Gasteiger partial charge in [-0.3, -0.25) is 4.98 Å². The first kappa shape index (κ1) is 20.0. The van der Waals surface area contributed by atoms with Gasteiger partial charge in [-0.1, -0.05) is 18.9 Å². The lowest BCUT2D eigenvalue weighted by atomic mass is 9.68. The Morgan fingerprint density at radius 1 is 1.10 bits per heavy atom. The highest BCUT2D eigenvalue weighted by Crippen LogP contribution is 2.49. The Kier molecular flexibility index (Phi) is 5.50. The molecule has 1 spiro atoms. The largest absolute Gasteiger partial charge is 0.493 e. The molecule has 5 rings (SSSR count). The van der Waals surface area contributed by atoms with Crippen LogP contribution in [0.4, 0.5) is 4.39 Å². The first-order chi connectivity index (χ1) is 14.7. The second kappa shape index (κ2) is 8.27. The molecule has 1 aromatic carbocycles. The zero-order chi connectivity index (χ0) is 20.4. The first-order valence-corrected chi connectivity index (χ1v) is 11.4. The summed E-state index contributed by atoms with van der Waals surface area (Å²) in [4.78, 5) is 4.79. The standard InChI is InChI=1S/C25H31FN2O2/c26-19-6-7-22-20(17-19)21(8-15-29-22)27-14-11-24(23-5-1-4-13-28-23)12-16-30-25(18-24)9-2-3-10-25/h1,4-7,13,17,21,27H,2-3,8-12,14-16,18H2/t21?,24-/m1/s1. The summed E-state index contributed by atoms with van der Waals surface area (Å²) in [5.74, 6) is 0.596. The van der Waals surface area contributed by atoms with Crippen LogP contribution in [-0.2, 0) is 10.2 Å². The molecule has 30 heavy (non-hydrogen) atoms. The summed E-state index contributed by atoms with van der Waals surface area (Å²) in [6.45, 7) is 2.34. The Hall–Kier alpha value is -1.98. The molecule has 0 bridgehead atoms. The van der Waals surface area contributed by atoms with E-state index in [1.807, 2.05) is 12.3 Å². The third-order valence-electron chi connectivity index (χ3n) is 7.38. The summed E-state index contributed by atoms with van der Waals surface area (Å²) >= 11 is 0. The van der Waals surface area contributed by atoms with Crippen molar-refractivity contribution >= 4 is 0 Å². The lowest BCUT2D eigenvalue weighted by molar-refractivity contribution is -0.104. The van der Waals surface area contributed by atoms with Crippen LogP contribution in [0.25, 0.3) is 0 Å². The van der Waals surface area contributed by atoms with Crippen LogP contribution in [-0.4, -0.2) is 30.3 Å². The number of pyridine rings is 1. The van der Waals surface area contributed by atoms with Gasteiger partial charge in [0.1, 0.15) is 11.6 Å². The second-order valence-electron chi connectivity index (χ2n) is 9.24. The zero-order valence-electron chi connectivity index (χ0n) is 17.5. The van der Waals surface area contributed by atoms with Crippen molar-refractivity contribution in [3.05, 3.63) is 59.7 Å². The summed E-state index contributed by atoms with van der Waals surface area (Å²) in [5, 5.41) is 3.71. The van der Waals surface area contributed by atoms with E-state index >= 15 is 0 Å². The van der Waals surface area contributed by atoms with E-state index < -0.39 is 0 Å². The SMILES string of the molecule is Fc1ccc2c(c1)C(NCC[C@@]1(c3ccccn3)CCOC3(CCCC3)C1)CCO2. The highest BCUT2D eigenvalue weighted by atomic mass is 19.1. The molecule has 3 aliphatic rings. The van der Waals surface area contributed by atoms with Gasteiger partial charge in [0.25, 0.3) is 0 Å². The molecule has 2 fully saturated rings. The minimum absolute atomic E-state index is 0.0319. The zero-order valence-corrected chi connectivity index (χ0v) is 17.5. The number of benzene rings is 1. The van der Waals surface area contributed by atoms with Crippen molar-refractivity contribution in [2.24, 2.45) is 0 Å². The van der Waals surface area contributed by atoms with E-state index in [4.69, 9.17) is 14.5 Å². The van der Waals surface area contributed by atoms with E-state index in [2.05, 4.69) is 17.4 Å². The predicted molar refractivity (Wildman–Crippen MR) is 114 cm³/mol. The predicted octanol–water partition coefficient (Wildman–Crippen LogP) is 5.09. The van der Waals surface area contributed by atoms with Gasteiger partial charge in [-0.2, -0.15) is 0 Å². The minimum Gasteiger partial charge on any atom is -0.493 e. The number of nitrogens with one attached hydrogen (secondary N) is 1. The van der Waals surface area contributed by atoms with E-state index in [9.17, 15) is 4.39 Å². The average Bonchev–Trinajstić information content (AvgIpc) is 3.22. The first-order valence-electron chi connectivity index (χ1n) is 11.4. The molecule has 0 amide bonds. The van der Waals surface area contributed by atoms with Crippen LogP contribution >= 0.6 is 0 Å². The summed E-state index contributed by atoms with van der Waals surface area (Å²) < 4.78 is 25.9. The molecule has 0 radical (unpaired) electrons. The minimum atomic E-state index is -0.205. The molecule has 160 valence electrons. The molecule has 3 heterocycles. The summed E-state index contributed by atoms with van der Waals surface area (Å²) in [6.07, 6.45) is 10.7. The second-order valence-corrected chi connectivity index (χ2v) is 9.24. The molecule has 4 nitrogen and oxygen atoms in total. The van der Waals surface area contributed by atoms with Gasteiger partial charge in [0, 0.05) is 41.9 Å². The highest BCUT2D eigenvalue weighted by Gasteiger charge is 2.48. The van der Waals surface area contributed by atoms with Crippen LogP contribution in [0.5, 0.6) is 5.75 Å². The van der Waals surface area contributed by atoms with Crippen molar-refractivity contribution in [3.63, 3.8) is 0 Å². The van der Waals surface area contributed by atoms with E-state index in [0.29, 0.717) is 6.61 Å². The lowest BCUT2D eigenvalue weighted by Crippen LogP contribution is -2.47. The van der Waals surface area contributed by atoms with Crippen molar-refractivity contribution in [2.45, 2.75) is 68.4 Å². The molecular formula is C25H31FN2O2. The van der Waals surface area contributed by atoms with Crippen molar-refractivity contribution in [2.75, 3.05) is 19.8 Å². The third-order valence-corrected chi connectivity index (χ3v) is 7.38. The van der Waals surface area contributed by atoms with Crippen LogP contribution in [0.3, 0.4) is 0 Å². The van der Waals surface area contributed by atoms with Crippen molar-refractivity contribution in [1.29, 1.82) is 0 Å². The molecule has 2 atom stereocenters. The number of hydrogen-bond acceptors (Lipinski definition) is 4. The maximum absolute atomic E-state index is 13.8. The van der Waals surface area contributed by atoms with E-state index in [1.165, 1.54) is 37.4 Å². The van der Waals surface area contributed by atoms with E-state index in [1.54, 1.807) is 12.1 Å². The van der Waals surface area contributed by atoms with E-state index in [0.717, 1.165) is 50.1 Å². The van der Waals surface area contributed by atoms with Gasteiger partial charge in [-0.25, -0.2) is 4.39 Å². The van der Waals surface area contributed by atoms with Gasteiger partial charge in [0.2, 0.25) is 0 Å². The number of halogens is 1. The summed E-state index contributed by atoms with van der Waals surface area (Å²) in [6, 6.07) is 11.2. The van der Waals surface area contributed by atoms with Gasteiger partial charge in [0.05, 0.1) is 12.2 Å². The maximum atomic E-state index is 13.8. The molecule has 1 unspecified atom stereocenters. The van der Waals surface area contributed by atoms with Crippen LogP contribution in [0.2, 0.25) is 0 Å². The number of ether oxygens (including phenoxy) is 2. The molecule has 2 aromatic rings. The van der Waals surface area contributed by atoms with Gasteiger partial charge in [-0.15, -0.1) is 0 Å². The van der Waals surface area contributed by atoms with Gasteiger partial charge < -0.3 is 14.8 Å². The van der Waals surface area contributed by atoms with E-state index in [-0.39, 0.29) is 22.9 Å². The molecule has 1 saturated carbocycles. The van der Waals surface area contributed by atoms with Crippen molar-refractivity contribution in [3.8, 4) is 5.75 Å². The average molecular weight is 411 g/mol. The maximum Gasteiger partial charge on any atom is 0.124 e. The van der Waals surface area contributed by atoms with Crippen molar-refractivity contribution < 1.29 is 13.9 Å². The molecule has 2 aliphatic heterocycles. The summed E-state index contributed by atoms with van der Waals surface area (Å²) in [7, 11) is 0. The van der Waals surface area contributed by atoms with Crippen molar-refractivity contribution in [1.82, 2.24) is 10.3 Å². The molecule has 1 N–H and O–H groups in total. The molecule has 1 saturated heterocycles. The van der Waals surface area contributed by atoms with Gasteiger partial charge >= 0.3 is 0 Å². The smallest absolute Gasteiger partial charge is 0.124 e.